The van der Waals surface area contributed by atoms with Crippen LogP contribution in [0.3, 0.4) is 0 Å². The maximum atomic E-state index is 13.3. The van der Waals surface area contributed by atoms with Crippen molar-refractivity contribution < 1.29 is 19.4 Å². The SMILES string of the molecule is Cc1ccccc1C1/C(=C(\O)c2ccc3c(c2)CC(C)O3)C(=O)C(=O)N1Cc1cccnc1. The fourth-order valence-electron chi connectivity index (χ4n) is 4.67. The minimum absolute atomic E-state index is 0.0643. The molecule has 0 saturated carbocycles. The normalized spacial score (nSPS) is 21.2. The van der Waals surface area contributed by atoms with E-state index in [0.717, 1.165) is 34.4 Å². The van der Waals surface area contributed by atoms with Gasteiger partial charge in [0.2, 0.25) is 0 Å². The maximum Gasteiger partial charge on any atom is 0.295 e. The number of hydrogen-bond donors (Lipinski definition) is 1. The largest absolute Gasteiger partial charge is 0.507 e. The van der Waals surface area contributed by atoms with Crippen LogP contribution in [0.15, 0.2) is 72.6 Å². The summed E-state index contributed by atoms with van der Waals surface area (Å²) in [6.07, 6.45) is 4.13. The van der Waals surface area contributed by atoms with Gasteiger partial charge in [0.25, 0.3) is 11.7 Å². The van der Waals surface area contributed by atoms with Crippen LogP contribution in [0.25, 0.3) is 5.76 Å². The van der Waals surface area contributed by atoms with Crippen LogP contribution in [0.5, 0.6) is 5.75 Å². The predicted octanol–water partition coefficient (Wildman–Crippen LogP) is 4.34. The molecule has 1 amide bonds. The lowest BCUT2D eigenvalue weighted by atomic mass is 9.92. The van der Waals surface area contributed by atoms with Gasteiger partial charge in [-0.05, 0) is 60.4 Å². The molecule has 3 aromatic rings. The van der Waals surface area contributed by atoms with Gasteiger partial charge in [-0.3, -0.25) is 14.6 Å². The number of pyridine rings is 1. The molecule has 1 aromatic heterocycles. The first-order valence-corrected chi connectivity index (χ1v) is 11.0. The Morgan fingerprint density at radius 3 is 2.73 bits per heavy atom. The summed E-state index contributed by atoms with van der Waals surface area (Å²) in [4.78, 5) is 32.1. The second kappa shape index (κ2) is 8.20. The summed E-state index contributed by atoms with van der Waals surface area (Å²) < 4.78 is 5.76. The number of aryl methyl sites for hydroxylation is 1. The van der Waals surface area contributed by atoms with Crippen LogP contribution in [0.2, 0.25) is 0 Å². The van der Waals surface area contributed by atoms with Crippen molar-refractivity contribution in [3.8, 4) is 5.75 Å². The molecule has 2 aromatic carbocycles. The van der Waals surface area contributed by atoms with Crippen molar-refractivity contribution in [1.29, 1.82) is 0 Å². The number of ketones is 1. The maximum absolute atomic E-state index is 13.3. The third-order valence-electron chi connectivity index (χ3n) is 6.27. The van der Waals surface area contributed by atoms with Gasteiger partial charge in [0, 0.05) is 30.9 Å². The highest BCUT2D eigenvalue weighted by Crippen LogP contribution is 2.42. The number of carbonyl (C=O) groups is 2. The van der Waals surface area contributed by atoms with Gasteiger partial charge in [-0.1, -0.05) is 30.3 Å². The minimum atomic E-state index is -0.699. The van der Waals surface area contributed by atoms with Gasteiger partial charge in [0.05, 0.1) is 11.6 Å². The highest BCUT2D eigenvalue weighted by molar-refractivity contribution is 6.46. The summed E-state index contributed by atoms with van der Waals surface area (Å²) in [5.41, 5.74) is 4.13. The summed E-state index contributed by atoms with van der Waals surface area (Å²) in [7, 11) is 0. The summed E-state index contributed by atoms with van der Waals surface area (Å²) in [5, 5.41) is 11.3. The Kier molecular flexibility index (Phi) is 5.21. The van der Waals surface area contributed by atoms with Crippen molar-refractivity contribution in [1.82, 2.24) is 9.88 Å². The third-order valence-corrected chi connectivity index (χ3v) is 6.27. The number of aromatic nitrogens is 1. The predicted molar refractivity (Wildman–Crippen MR) is 123 cm³/mol. The zero-order valence-electron chi connectivity index (χ0n) is 18.5. The van der Waals surface area contributed by atoms with Crippen LogP contribution in [-0.2, 0) is 22.6 Å². The van der Waals surface area contributed by atoms with Crippen LogP contribution in [0.1, 0.15) is 40.8 Å². The van der Waals surface area contributed by atoms with Crippen molar-refractivity contribution >= 4 is 17.4 Å². The summed E-state index contributed by atoms with van der Waals surface area (Å²) >= 11 is 0. The molecule has 2 aliphatic rings. The van der Waals surface area contributed by atoms with E-state index in [1.807, 2.05) is 56.3 Å². The smallest absolute Gasteiger partial charge is 0.295 e. The van der Waals surface area contributed by atoms with Gasteiger partial charge in [-0.15, -0.1) is 0 Å². The van der Waals surface area contributed by atoms with E-state index in [-0.39, 0.29) is 24.0 Å². The molecule has 2 aliphatic heterocycles. The molecule has 1 N–H and O–H groups in total. The van der Waals surface area contributed by atoms with E-state index < -0.39 is 17.7 Å². The number of fused-ring (bicyclic) bond motifs is 1. The molecule has 0 bridgehead atoms. The van der Waals surface area contributed by atoms with Gasteiger partial charge in [0.15, 0.2) is 0 Å². The summed E-state index contributed by atoms with van der Waals surface area (Å²) in [6.45, 7) is 4.14. The number of Topliss-reactive ketones (excluding diaryl/α,β-unsaturated/α-hetero) is 1. The van der Waals surface area contributed by atoms with Crippen LogP contribution in [0, 0.1) is 6.92 Å². The number of amides is 1. The number of hydrogen-bond acceptors (Lipinski definition) is 5. The van der Waals surface area contributed by atoms with E-state index in [4.69, 9.17) is 4.74 Å². The average molecular weight is 440 g/mol. The second-order valence-electron chi connectivity index (χ2n) is 8.60. The van der Waals surface area contributed by atoms with E-state index in [9.17, 15) is 14.7 Å². The minimum Gasteiger partial charge on any atom is -0.507 e. The van der Waals surface area contributed by atoms with Crippen LogP contribution < -0.4 is 4.74 Å². The lowest BCUT2D eigenvalue weighted by Crippen LogP contribution is -2.29. The Morgan fingerprint density at radius 1 is 1.15 bits per heavy atom. The molecule has 1 saturated heterocycles. The van der Waals surface area contributed by atoms with E-state index in [0.29, 0.717) is 5.56 Å². The van der Waals surface area contributed by atoms with E-state index in [1.165, 1.54) is 4.90 Å². The molecule has 6 heteroatoms. The Bertz CT molecular complexity index is 1280. The molecular weight excluding hydrogens is 416 g/mol. The Balaban J connectivity index is 1.65. The standard InChI is InChI=1S/C27H24N2O4/c1-16-6-3-4-8-21(16)24-23(25(30)19-9-10-22-20(13-19)12-17(2)33-22)26(31)27(32)29(24)15-18-7-5-11-28-14-18/h3-11,13-14,17,24,30H,12,15H2,1-2H3/b25-23+. The first kappa shape index (κ1) is 20.9. The zero-order valence-corrected chi connectivity index (χ0v) is 18.5. The highest BCUT2D eigenvalue weighted by atomic mass is 16.5. The summed E-state index contributed by atoms with van der Waals surface area (Å²) in [5.74, 6) is -0.703. The fraction of sp³-hybridized carbons (Fsp3) is 0.222. The molecule has 3 heterocycles. The first-order chi connectivity index (χ1) is 15.9. The number of nitrogens with zero attached hydrogens (tertiary/aromatic N) is 2. The molecule has 2 unspecified atom stereocenters. The number of aliphatic hydroxyl groups is 1. The topological polar surface area (TPSA) is 79.7 Å². The van der Waals surface area contributed by atoms with Crippen molar-refractivity contribution in [2.75, 3.05) is 0 Å². The van der Waals surface area contributed by atoms with Crippen LogP contribution in [0.4, 0.5) is 0 Å². The molecule has 5 rings (SSSR count). The monoisotopic (exact) mass is 440 g/mol. The second-order valence-corrected chi connectivity index (χ2v) is 8.60. The first-order valence-electron chi connectivity index (χ1n) is 11.0. The molecule has 33 heavy (non-hydrogen) atoms. The van der Waals surface area contributed by atoms with Gasteiger partial charge < -0.3 is 14.7 Å². The molecule has 1 fully saturated rings. The lowest BCUT2D eigenvalue weighted by molar-refractivity contribution is -0.140. The number of carbonyl (C=O) groups excluding carboxylic acids is 2. The van der Waals surface area contributed by atoms with Crippen molar-refractivity contribution in [3.63, 3.8) is 0 Å². The number of aliphatic hydroxyl groups excluding tert-OH is 1. The van der Waals surface area contributed by atoms with E-state index in [2.05, 4.69) is 4.98 Å². The molecular formula is C27H24N2O4. The lowest BCUT2D eigenvalue weighted by Gasteiger charge is -2.26. The number of rotatable bonds is 4. The van der Waals surface area contributed by atoms with E-state index >= 15 is 0 Å². The molecule has 6 nitrogen and oxygen atoms in total. The van der Waals surface area contributed by atoms with Crippen molar-refractivity contribution in [3.05, 3.63) is 100 Å². The Labute approximate surface area is 192 Å². The van der Waals surface area contributed by atoms with Gasteiger partial charge >= 0.3 is 0 Å². The average Bonchev–Trinajstić information content (AvgIpc) is 3.31. The quantitative estimate of drug-likeness (QED) is 0.371. The Morgan fingerprint density at radius 2 is 1.97 bits per heavy atom. The fourth-order valence-corrected chi connectivity index (χ4v) is 4.67. The molecule has 166 valence electrons. The zero-order chi connectivity index (χ0) is 23.1. The Hall–Kier alpha value is -3.93. The van der Waals surface area contributed by atoms with Crippen molar-refractivity contribution in [2.24, 2.45) is 0 Å². The summed E-state index contributed by atoms with van der Waals surface area (Å²) in [6, 6.07) is 16.0. The van der Waals surface area contributed by atoms with Gasteiger partial charge in [-0.25, -0.2) is 0 Å². The van der Waals surface area contributed by atoms with E-state index in [1.54, 1.807) is 24.5 Å². The molecule has 0 spiro atoms. The third kappa shape index (κ3) is 3.67. The molecule has 0 radical (unpaired) electrons. The molecule has 0 aliphatic carbocycles. The molecule has 2 atom stereocenters. The number of benzene rings is 2. The number of likely N-dealkylation sites (tertiary alicyclic amines) is 1. The van der Waals surface area contributed by atoms with Crippen molar-refractivity contribution in [2.45, 2.75) is 39.0 Å². The van der Waals surface area contributed by atoms with Gasteiger partial charge in [-0.2, -0.15) is 0 Å². The highest BCUT2D eigenvalue weighted by Gasteiger charge is 2.46. The number of ether oxygens (including phenoxy) is 1. The van der Waals surface area contributed by atoms with Crippen LogP contribution >= 0.6 is 0 Å². The van der Waals surface area contributed by atoms with Crippen LogP contribution in [-0.4, -0.2) is 32.8 Å². The van der Waals surface area contributed by atoms with Gasteiger partial charge in [0.1, 0.15) is 17.6 Å².